The Bertz CT molecular complexity index is 804. The Morgan fingerprint density at radius 3 is 2.77 bits per heavy atom. The molecular weight excluding hydrogens is 394 g/mol. The quantitative estimate of drug-likeness (QED) is 0.673. The Labute approximate surface area is 185 Å². The number of urea groups is 1. The van der Waals surface area contributed by atoms with E-state index in [2.05, 4.69) is 70.6 Å². The van der Waals surface area contributed by atoms with Gasteiger partial charge in [0.1, 0.15) is 5.82 Å². The lowest BCUT2D eigenvalue weighted by Gasteiger charge is -2.45. The number of anilines is 1. The van der Waals surface area contributed by atoms with Crippen LogP contribution >= 0.6 is 0 Å². The molecule has 31 heavy (non-hydrogen) atoms. The summed E-state index contributed by atoms with van der Waals surface area (Å²) in [6.45, 7) is 15.0. The van der Waals surface area contributed by atoms with Gasteiger partial charge in [0.15, 0.2) is 0 Å². The summed E-state index contributed by atoms with van der Waals surface area (Å²) in [5.74, 6) is 2.09. The van der Waals surface area contributed by atoms with E-state index in [1.54, 1.807) is 6.20 Å². The lowest BCUT2D eigenvalue weighted by Crippen LogP contribution is -2.60. The summed E-state index contributed by atoms with van der Waals surface area (Å²) in [7, 11) is 0. The van der Waals surface area contributed by atoms with Crippen molar-refractivity contribution in [3.05, 3.63) is 12.3 Å². The number of amides is 2. The minimum absolute atomic E-state index is 0.0517. The Morgan fingerprint density at radius 2 is 2.03 bits per heavy atom. The fraction of sp³-hybridized carbons (Fsp3) is 0.773. The van der Waals surface area contributed by atoms with Gasteiger partial charge in [-0.2, -0.15) is 4.98 Å². The van der Waals surface area contributed by atoms with E-state index in [1.807, 2.05) is 13.0 Å². The predicted molar refractivity (Wildman–Crippen MR) is 119 cm³/mol. The van der Waals surface area contributed by atoms with Gasteiger partial charge in [-0.05, 0) is 52.0 Å². The van der Waals surface area contributed by atoms with Crippen LogP contribution in [0.2, 0.25) is 0 Å². The maximum absolute atomic E-state index is 13.6. The normalized spacial score (nSPS) is 34.5. The van der Waals surface area contributed by atoms with Gasteiger partial charge in [-0.1, -0.05) is 13.8 Å². The molecule has 1 aromatic heterocycles. The highest BCUT2D eigenvalue weighted by Crippen LogP contribution is 2.39. The molecule has 0 spiro atoms. The maximum Gasteiger partial charge on any atom is 0.320 e. The molecule has 3 fully saturated rings. The van der Waals surface area contributed by atoms with E-state index in [0.717, 1.165) is 13.0 Å². The highest BCUT2D eigenvalue weighted by atomic mass is 16.5. The smallest absolute Gasteiger partial charge is 0.320 e. The van der Waals surface area contributed by atoms with Crippen molar-refractivity contribution in [1.29, 1.82) is 0 Å². The number of nitrogens with zero attached hydrogens (tertiary/aromatic N) is 4. The minimum atomic E-state index is -0.306. The number of hydrogen-bond acceptors (Lipinski definition) is 7. The predicted octanol–water partition coefficient (Wildman–Crippen LogP) is 2.29. The number of carbonyl (C=O) groups excluding carboxylic acids is 1. The molecule has 9 heteroatoms. The van der Waals surface area contributed by atoms with Crippen LogP contribution in [0.4, 0.5) is 10.6 Å². The van der Waals surface area contributed by atoms with E-state index in [0.29, 0.717) is 36.8 Å². The SMILES string of the molecule is CCOc1nccc(NC2NNC3C2CN(C(=O)N2C[C@@H](C)C(C)C[C@@H]2C)C3(C)C)n1. The number of likely N-dealkylation sites (tertiary alicyclic amines) is 2. The average Bonchev–Trinajstić information content (AvgIpc) is 3.23. The summed E-state index contributed by atoms with van der Waals surface area (Å²) >= 11 is 0. The van der Waals surface area contributed by atoms with Gasteiger partial charge in [-0.15, -0.1) is 0 Å². The summed E-state index contributed by atoms with van der Waals surface area (Å²) in [5, 5.41) is 3.45. The van der Waals surface area contributed by atoms with Gasteiger partial charge in [0, 0.05) is 31.2 Å². The van der Waals surface area contributed by atoms with Crippen LogP contribution in [0.5, 0.6) is 6.01 Å². The van der Waals surface area contributed by atoms with Crippen LogP contribution in [-0.2, 0) is 0 Å². The lowest BCUT2D eigenvalue weighted by molar-refractivity contribution is 0.0641. The van der Waals surface area contributed by atoms with Crippen molar-refractivity contribution in [2.75, 3.05) is 25.0 Å². The number of rotatable bonds is 4. The topological polar surface area (TPSA) is 94.7 Å². The number of piperidine rings is 1. The zero-order valence-corrected chi connectivity index (χ0v) is 19.6. The molecule has 0 radical (unpaired) electrons. The minimum Gasteiger partial charge on any atom is -0.464 e. The van der Waals surface area contributed by atoms with Crippen molar-refractivity contribution in [1.82, 2.24) is 30.6 Å². The fourth-order valence-corrected chi connectivity index (χ4v) is 5.35. The third-order valence-electron chi connectivity index (χ3n) is 7.49. The van der Waals surface area contributed by atoms with Crippen molar-refractivity contribution in [2.45, 2.75) is 71.8 Å². The van der Waals surface area contributed by atoms with Gasteiger partial charge in [-0.25, -0.2) is 15.2 Å². The van der Waals surface area contributed by atoms with Crippen LogP contribution in [0.15, 0.2) is 12.3 Å². The van der Waals surface area contributed by atoms with Gasteiger partial charge >= 0.3 is 12.0 Å². The monoisotopic (exact) mass is 431 g/mol. The molecule has 2 amide bonds. The van der Waals surface area contributed by atoms with Gasteiger partial charge in [-0.3, -0.25) is 5.43 Å². The van der Waals surface area contributed by atoms with E-state index < -0.39 is 0 Å². The second-order valence-electron chi connectivity index (χ2n) is 9.95. The summed E-state index contributed by atoms with van der Waals surface area (Å²) in [6, 6.07) is 2.76. The number of aromatic nitrogens is 2. The molecule has 0 aliphatic carbocycles. The summed E-state index contributed by atoms with van der Waals surface area (Å²) < 4.78 is 5.42. The average molecular weight is 432 g/mol. The largest absolute Gasteiger partial charge is 0.464 e. The number of hydrazine groups is 1. The Morgan fingerprint density at radius 1 is 1.26 bits per heavy atom. The number of fused-ring (bicyclic) bond motifs is 1. The Kier molecular flexibility index (Phi) is 6.00. The van der Waals surface area contributed by atoms with E-state index in [1.165, 1.54) is 0 Å². The number of nitrogens with one attached hydrogen (secondary N) is 3. The van der Waals surface area contributed by atoms with Crippen LogP contribution < -0.4 is 20.9 Å². The summed E-state index contributed by atoms with van der Waals surface area (Å²) in [5.41, 5.74) is 6.49. The molecule has 3 aliphatic rings. The number of carbonyl (C=O) groups is 1. The molecule has 1 aromatic rings. The van der Waals surface area contributed by atoms with Crippen molar-refractivity contribution in [3.8, 4) is 6.01 Å². The first-order chi connectivity index (χ1) is 14.7. The molecule has 0 saturated carbocycles. The molecule has 3 aliphatic heterocycles. The lowest BCUT2D eigenvalue weighted by atomic mass is 9.85. The molecular formula is C22H37N7O2. The first-order valence-corrected chi connectivity index (χ1v) is 11.5. The zero-order valence-electron chi connectivity index (χ0n) is 19.6. The molecule has 0 aromatic carbocycles. The molecule has 4 unspecified atom stereocenters. The molecule has 172 valence electrons. The fourth-order valence-electron chi connectivity index (χ4n) is 5.35. The standard InChI is InChI=1S/C22H37N7O2/c1-7-31-20-23-9-8-17(25-20)24-19-16-12-29(22(5,6)18(16)26-27-19)21(30)28-11-14(3)13(2)10-15(28)4/h8-9,13-16,18-19,26-27H,7,10-12H2,1-6H3,(H,23,24,25)/t13?,14-,15+,16?,18?,19?/m1/s1. The van der Waals surface area contributed by atoms with Crippen molar-refractivity contribution in [2.24, 2.45) is 17.8 Å². The van der Waals surface area contributed by atoms with E-state index in [-0.39, 0.29) is 35.7 Å². The molecule has 3 saturated heterocycles. The second-order valence-corrected chi connectivity index (χ2v) is 9.95. The Hall–Kier alpha value is -2.13. The van der Waals surface area contributed by atoms with E-state index >= 15 is 0 Å². The summed E-state index contributed by atoms with van der Waals surface area (Å²) in [4.78, 5) is 26.3. The van der Waals surface area contributed by atoms with Gasteiger partial charge in [0.05, 0.1) is 24.4 Å². The molecule has 0 bridgehead atoms. The van der Waals surface area contributed by atoms with E-state index in [9.17, 15) is 4.79 Å². The Balaban J connectivity index is 1.48. The van der Waals surface area contributed by atoms with Crippen LogP contribution in [0.1, 0.15) is 48.0 Å². The third-order valence-corrected chi connectivity index (χ3v) is 7.49. The highest BCUT2D eigenvalue weighted by Gasteiger charge is 2.56. The van der Waals surface area contributed by atoms with Crippen LogP contribution in [0.25, 0.3) is 0 Å². The molecule has 4 heterocycles. The van der Waals surface area contributed by atoms with Crippen molar-refractivity contribution in [3.63, 3.8) is 0 Å². The molecule has 6 atom stereocenters. The first-order valence-electron chi connectivity index (χ1n) is 11.5. The summed E-state index contributed by atoms with van der Waals surface area (Å²) in [6.07, 6.45) is 2.70. The number of hydrogen-bond donors (Lipinski definition) is 3. The van der Waals surface area contributed by atoms with Gasteiger partial charge in [0.2, 0.25) is 0 Å². The van der Waals surface area contributed by atoms with E-state index in [4.69, 9.17) is 4.74 Å². The van der Waals surface area contributed by atoms with Crippen LogP contribution in [0.3, 0.4) is 0 Å². The third kappa shape index (κ3) is 4.05. The number of ether oxygens (including phenoxy) is 1. The van der Waals surface area contributed by atoms with Crippen LogP contribution in [0, 0.1) is 17.8 Å². The molecule has 4 rings (SSSR count). The van der Waals surface area contributed by atoms with Gasteiger partial charge < -0.3 is 19.9 Å². The van der Waals surface area contributed by atoms with Crippen molar-refractivity contribution >= 4 is 11.8 Å². The zero-order chi connectivity index (χ0) is 22.3. The van der Waals surface area contributed by atoms with Crippen molar-refractivity contribution < 1.29 is 9.53 Å². The van der Waals surface area contributed by atoms with Crippen LogP contribution in [-0.4, -0.2) is 69.3 Å². The maximum atomic E-state index is 13.6. The molecule has 9 nitrogen and oxygen atoms in total. The first kappa shape index (κ1) is 22.1. The second kappa shape index (κ2) is 8.43. The van der Waals surface area contributed by atoms with Gasteiger partial charge in [0.25, 0.3) is 0 Å². The highest BCUT2D eigenvalue weighted by molar-refractivity contribution is 5.76. The molecule has 3 N–H and O–H groups in total.